The van der Waals surface area contributed by atoms with E-state index in [4.69, 9.17) is 0 Å². The molecule has 1 nitrogen and oxygen atoms in total. The average Bonchev–Trinajstić information content (AvgIpc) is 2.85. The molecule has 0 aliphatic rings. The quantitative estimate of drug-likeness (QED) is 0.840. The molecule has 1 N–H and O–H groups in total. The Morgan fingerprint density at radius 3 is 2.59 bits per heavy atom. The summed E-state index contributed by atoms with van der Waals surface area (Å²) >= 11 is 5.27. The molecule has 17 heavy (non-hydrogen) atoms. The highest BCUT2D eigenvalue weighted by Crippen LogP contribution is 2.20. The van der Waals surface area contributed by atoms with E-state index in [0.717, 1.165) is 17.4 Å². The molecule has 3 heteroatoms. The van der Waals surface area contributed by atoms with E-state index >= 15 is 0 Å². The van der Waals surface area contributed by atoms with Crippen LogP contribution in [0.25, 0.3) is 0 Å². The zero-order valence-corrected chi connectivity index (χ0v) is 12.2. The summed E-state index contributed by atoms with van der Waals surface area (Å²) in [6.45, 7) is 3.17. The minimum absolute atomic E-state index is 0.435. The van der Waals surface area contributed by atoms with Gasteiger partial charge in [-0.2, -0.15) is 0 Å². The lowest BCUT2D eigenvalue weighted by atomic mass is 10.0. The van der Waals surface area contributed by atoms with Crippen molar-refractivity contribution in [2.24, 2.45) is 0 Å². The smallest absolute Gasteiger partial charge is 0.0320 e. The molecule has 1 aromatic carbocycles. The monoisotopic (exact) mass is 309 g/mol. The number of hydrogen-bond acceptors (Lipinski definition) is 2. The molecule has 0 bridgehead atoms. The number of rotatable bonds is 5. The molecule has 0 fully saturated rings. The first-order valence-electron chi connectivity index (χ1n) is 5.81. The molecule has 0 radical (unpaired) electrons. The predicted octanol–water partition coefficient (Wildman–Crippen LogP) is 4.75. The minimum Gasteiger partial charge on any atom is -0.305 e. The normalized spacial score (nSPS) is 12.6. The first-order valence-corrected chi connectivity index (χ1v) is 7.48. The van der Waals surface area contributed by atoms with E-state index in [2.05, 4.69) is 69.9 Å². The summed E-state index contributed by atoms with van der Waals surface area (Å²) in [4.78, 5) is 1.39. The average molecular weight is 310 g/mol. The highest BCUT2D eigenvalue weighted by molar-refractivity contribution is 9.10. The third-order valence-electron chi connectivity index (χ3n) is 2.78. The van der Waals surface area contributed by atoms with E-state index in [0.29, 0.717) is 6.04 Å². The van der Waals surface area contributed by atoms with Gasteiger partial charge in [-0.25, -0.2) is 0 Å². The maximum absolute atomic E-state index is 3.60. The molecule has 2 rings (SSSR count). The molecule has 0 aliphatic carbocycles. The summed E-state index contributed by atoms with van der Waals surface area (Å²) in [6.07, 6.45) is 1.10. The van der Waals surface area contributed by atoms with Crippen LogP contribution in [-0.2, 0) is 6.54 Å². The van der Waals surface area contributed by atoms with E-state index in [1.165, 1.54) is 10.4 Å². The lowest BCUT2D eigenvalue weighted by Gasteiger charge is -2.17. The Labute approximate surface area is 115 Å². The lowest BCUT2D eigenvalue weighted by Crippen LogP contribution is -2.19. The molecule has 90 valence electrons. The van der Waals surface area contributed by atoms with E-state index in [9.17, 15) is 0 Å². The highest BCUT2D eigenvalue weighted by Gasteiger charge is 2.08. The van der Waals surface area contributed by atoms with Gasteiger partial charge in [-0.05, 0) is 35.6 Å². The van der Waals surface area contributed by atoms with Crippen molar-refractivity contribution < 1.29 is 0 Å². The van der Waals surface area contributed by atoms with Gasteiger partial charge in [0.2, 0.25) is 0 Å². The number of thiophene rings is 1. The number of nitrogens with one attached hydrogen (secondary N) is 1. The van der Waals surface area contributed by atoms with Crippen molar-refractivity contribution in [2.45, 2.75) is 25.9 Å². The van der Waals surface area contributed by atoms with Gasteiger partial charge >= 0.3 is 0 Å². The van der Waals surface area contributed by atoms with Crippen LogP contribution in [0.5, 0.6) is 0 Å². The Balaban J connectivity index is 1.99. The van der Waals surface area contributed by atoms with Crippen LogP contribution in [0.4, 0.5) is 0 Å². The van der Waals surface area contributed by atoms with Gasteiger partial charge in [-0.1, -0.05) is 41.1 Å². The molecule has 0 saturated carbocycles. The molecule has 1 aromatic heterocycles. The second-order valence-corrected chi connectivity index (χ2v) is 5.92. The van der Waals surface area contributed by atoms with E-state index in [-0.39, 0.29) is 0 Å². The minimum atomic E-state index is 0.435. The predicted molar refractivity (Wildman–Crippen MR) is 78.3 cm³/mol. The van der Waals surface area contributed by atoms with Crippen molar-refractivity contribution >= 4 is 27.3 Å². The van der Waals surface area contributed by atoms with Crippen LogP contribution in [0.15, 0.2) is 46.3 Å². The molecule has 1 unspecified atom stereocenters. The molecule has 2 aromatic rings. The van der Waals surface area contributed by atoms with Crippen LogP contribution in [0.1, 0.15) is 29.8 Å². The fourth-order valence-electron chi connectivity index (χ4n) is 1.83. The first kappa shape index (κ1) is 12.8. The maximum Gasteiger partial charge on any atom is 0.0320 e. The second kappa shape index (κ2) is 6.34. The fourth-order valence-corrected chi connectivity index (χ4v) is 2.75. The SMILES string of the molecule is CCC(NCc1cccs1)c1ccc(Br)cc1. The Hall–Kier alpha value is -0.640. The largest absolute Gasteiger partial charge is 0.305 e. The van der Waals surface area contributed by atoms with Gasteiger partial charge in [0.15, 0.2) is 0 Å². The van der Waals surface area contributed by atoms with Gasteiger partial charge in [0.25, 0.3) is 0 Å². The van der Waals surface area contributed by atoms with Crippen molar-refractivity contribution in [3.63, 3.8) is 0 Å². The Morgan fingerprint density at radius 2 is 2.00 bits per heavy atom. The summed E-state index contributed by atoms with van der Waals surface area (Å²) in [7, 11) is 0. The topological polar surface area (TPSA) is 12.0 Å². The number of halogens is 1. The van der Waals surface area contributed by atoms with E-state index in [1.807, 2.05) is 0 Å². The van der Waals surface area contributed by atoms with Crippen LogP contribution < -0.4 is 5.32 Å². The fraction of sp³-hybridized carbons (Fsp3) is 0.286. The van der Waals surface area contributed by atoms with Crippen LogP contribution in [0, 0.1) is 0 Å². The molecule has 0 spiro atoms. The van der Waals surface area contributed by atoms with Gasteiger partial charge < -0.3 is 5.32 Å². The van der Waals surface area contributed by atoms with Crippen molar-refractivity contribution in [3.05, 3.63) is 56.7 Å². The molecular formula is C14H16BrNS. The van der Waals surface area contributed by atoms with Crippen LogP contribution in [-0.4, -0.2) is 0 Å². The maximum atomic E-state index is 3.60. The third kappa shape index (κ3) is 3.66. The second-order valence-electron chi connectivity index (χ2n) is 3.97. The van der Waals surface area contributed by atoms with Crippen molar-refractivity contribution in [2.75, 3.05) is 0 Å². The lowest BCUT2D eigenvalue weighted by molar-refractivity contribution is 0.522. The molecule has 0 saturated heterocycles. The van der Waals surface area contributed by atoms with Gasteiger partial charge in [0.1, 0.15) is 0 Å². The molecule has 0 aliphatic heterocycles. The summed E-state index contributed by atoms with van der Waals surface area (Å²) in [5.41, 5.74) is 1.35. The van der Waals surface area contributed by atoms with E-state index < -0.39 is 0 Å². The zero-order valence-electron chi connectivity index (χ0n) is 9.82. The molecular weight excluding hydrogens is 294 g/mol. The summed E-state index contributed by atoms with van der Waals surface area (Å²) in [5, 5.41) is 5.73. The summed E-state index contributed by atoms with van der Waals surface area (Å²) in [5.74, 6) is 0. The zero-order chi connectivity index (χ0) is 12.1. The summed E-state index contributed by atoms with van der Waals surface area (Å²) in [6, 6.07) is 13.3. The Kier molecular flexibility index (Phi) is 4.77. The highest BCUT2D eigenvalue weighted by atomic mass is 79.9. The van der Waals surface area contributed by atoms with E-state index in [1.54, 1.807) is 11.3 Å². The Bertz CT molecular complexity index is 436. The van der Waals surface area contributed by atoms with Gasteiger partial charge in [0, 0.05) is 21.9 Å². The van der Waals surface area contributed by atoms with Gasteiger partial charge in [0.05, 0.1) is 0 Å². The van der Waals surface area contributed by atoms with Crippen LogP contribution in [0.3, 0.4) is 0 Å². The standard InChI is InChI=1S/C14H16BrNS/c1-2-14(11-5-7-12(15)8-6-11)16-10-13-4-3-9-17-13/h3-9,14,16H,2,10H2,1H3. The van der Waals surface area contributed by atoms with Crippen molar-refractivity contribution in [3.8, 4) is 0 Å². The molecule has 1 atom stereocenters. The first-order chi connectivity index (χ1) is 8.29. The number of benzene rings is 1. The third-order valence-corrected chi connectivity index (χ3v) is 4.19. The van der Waals surface area contributed by atoms with Crippen molar-refractivity contribution in [1.29, 1.82) is 0 Å². The molecule has 1 heterocycles. The Morgan fingerprint density at radius 1 is 1.24 bits per heavy atom. The molecule has 0 amide bonds. The van der Waals surface area contributed by atoms with Crippen LogP contribution in [0.2, 0.25) is 0 Å². The van der Waals surface area contributed by atoms with Crippen molar-refractivity contribution in [1.82, 2.24) is 5.32 Å². The summed E-state index contributed by atoms with van der Waals surface area (Å²) < 4.78 is 1.13. The van der Waals surface area contributed by atoms with Crippen LogP contribution >= 0.6 is 27.3 Å². The van der Waals surface area contributed by atoms with Gasteiger partial charge in [-0.3, -0.25) is 0 Å². The number of hydrogen-bond donors (Lipinski definition) is 1. The van der Waals surface area contributed by atoms with Gasteiger partial charge in [-0.15, -0.1) is 11.3 Å².